The Balaban J connectivity index is 2.76. The summed E-state index contributed by atoms with van der Waals surface area (Å²) in [5.74, 6) is 0. The molecule has 0 saturated heterocycles. The maximum atomic E-state index is 4.16. The lowest BCUT2D eigenvalue weighted by Gasteiger charge is -1.94. The summed E-state index contributed by atoms with van der Waals surface area (Å²) in [6, 6.07) is 4.73. The molecule has 3 heteroatoms. The second-order valence-electron chi connectivity index (χ2n) is 2.31. The molecule has 0 fully saturated rings. The lowest BCUT2D eigenvalue weighted by molar-refractivity contribution is 0.778. The van der Waals surface area contributed by atoms with E-state index in [9.17, 15) is 0 Å². The summed E-state index contributed by atoms with van der Waals surface area (Å²) in [6.07, 6.45) is 3.46. The normalized spacial score (nSPS) is 10.6. The summed E-state index contributed by atoms with van der Waals surface area (Å²) >= 11 is 0. The topological polar surface area (TPSA) is 30.7 Å². The van der Waals surface area contributed by atoms with Gasteiger partial charge < -0.3 is 4.57 Å². The van der Waals surface area contributed by atoms with E-state index in [0.717, 1.165) is 17.7 Å². The molecule has 2 rings (SSSR count). The van der Waals surface area contributed by atoms with Gasteiger partial charge in [0.2, 0.25) is 0 Å². The number of rotatable bonds is 1. The van der Waals surface area contributed by atoms with Gasteiger partial charge in [-0.05, 0) is 13.0 Å². The zero-order valence-electron chi connectivity index (χ0n) is 6.28. The van der Waals surface area contributed by atoms with Crippen molar-refractivity contribution in [3.05, 3.63) is 24.7 Å². The van der Waals surface area contributed by atoms with Crippen LogP contribution in [0.3, 0.4) is 0 Å². The first-order valence-corrected chi connectivity index (χ1v) is 3.58. The predicted octanol–water partition coefficient (Wildman–Crippen LogP) is 1.25. The van der Waals surface area contributed by atoms with Crippen molar-refractivity contribution in [2.45, 2.75) is 13.5 Å². The molecule has 0 unspecified atom stereocenters. The fourth-order valence-corrected chi connectivity index (χ4v) is 1.08. The van der Waals surface area contributed by atoms with Crippen LogP contribution in [0.5, 0.6) is 0 Å². The molecule has 2 heterocycles. The fraction of sp³-hybridized carbons (Fsp3) is 0.250. The number of imidazole rings is 1. The molecule has 2 aromatic rings. The lowest BCUT2D eigenvalue weighted by Crippen LogP contribution is -1.91. The van der Waals surface area contributed by atoms with Crippen molar-refractivity contribution < 1.29 is 0 Å². The minimum atomic E-state index is 0.910. The molecule has 0 bridgehead atoms. The first kappa shape index (κ1) is 6.34. The number of nitrogens with zero attached hydrogens (tertiary/aromatic N) is 3. The van der Waals surface area contributed by atoms with E-state index in [0.29, 0.717) is 0 Å². The molecule has 2 aromatic heterocycles. The quantitative estimate of drug-likeness (QED) is 0.606. The van der Waals surface area contributed by atoms with Gasteiger partial charge in [-0.1, -0.05) is 0 Å². The van der Waals surface area contributed by atoms with E-state index in [2.05, 4.69) is 23.0 Å². The average Bonchev–Trinajstić information content (AvgIpc) is 2.47. The molecular formula is C8H8N3. The van der Waals surface area contributed by atoms with Gasteiger partial charge in [0.1, 0.15) is 5.52 Å². The highest BCUT2D eigenvalue weighted by molar-refractivity contribution is 5.69. The Morgan fingerprint density at radius 1 is 1.55 bits per heavy atom. The van der Waals surface area contributed by atoms with E-state index in [-0.39, 0.29) is 0 Å². The highest BCUT2D eigenvalue weighted by Gasteiger charge is 1.98. The molecule has 0 aliphatic heterocycles. The monoisotopic (exact) mass is 146 g/mol. The third kappa shape index (κ3) is 0.888. The summed E-state index contributed by atoms with van der Waals surface area (Å²) in [4.78, 5) is 8.32. The molecule has 0 N–H and O–H groups in total. The number of hydrogen-bond donors (Lipinski definition) is 0. The molecule has 0 atom stereocenters. The van der Waals surface area contributed by atoms with Crippen molar-refractivity contribution in [3.8, 4) is 0 Å². The Morgan fingerprint density at radius 3 is 3.27 bits per heavy atom. The highest BCUT2D eigenvalue weighted by atomic mass is 15.1. The smallest absolute Gasteiger partial charge is 0.159 e. The zero-order valence-corrected chi connectivity index (χ0v) is 6.28. The Kier molecular flexibility index (Phi) is 1.35. The van der Waals surface area contributed by atoms with Gasteiger partial charge in [-0.3, -0.25) is 0 Å². The summed E-state index contributed by atoms with van der Waals surface area (Å²) in [5.41, 5.74) is 1.85. The maximum Gasteiger partial charge on any atom is 0.159 e. The van der Waals surface area contributed by atoms with Crippen LogP contribution in [0.25, 0.3) is 11.2 Å². The van der Waals surface area contributed by atoms with Gasteiger partial charge in [-0.25, -0.2) is 9.97 Å². The molecule has 0 spiro atoms. The van der Waals surface area contributed by atoms with Gasteiger partial charge in [-0.15, -0.1) is 0 Å². The Hall–Kier alpha value is -1.38. The number of fused-ring (bicyclic) bond motifs is 1. The molecule has 0 aliphatic rings. The van der Waals surface area contributed by atoms with E-state index < -0.39 is 0 Å². The Morgan fingerprint density at radius 2 is 2.45 bits per heavy atom. The third-order valence-corrected chi connectivity index (χ3v) is 1.66. The van der Waals surface area contributed by atoms with E-state index in [4.69, 9.17) is 0 Å². The van der Waals surface area contributed by atoms with Crippen LogP contribution < -0.4 is 0 Å². The molecule has 3 nitrogen and oxygen atoms in total. The SMILES string of the molecule is CCn1cnc2c[c]cnc21. The third-order valence-electron chi connectivity index (χ3n) is 1.66. The molecule has 0 saturated carbocycles. The van der Waals surface area contributed by atoms with Gasteiger partial charge in [0, 0.05) is 18.8 Å². The van der Waals surface area contributed by atoms with Gasteiger partial charge in [-0.2, -0.15) is 0 Å². The van der Waals surface area contributed by atoms with Crippen molar-refractivity contribution in [2.75, 3.05) is 0 Å². The van der Waals surface area contributed by atoms with Crippen LogP contribution in [-0.4, -0.2) is 14.5 Å². The number of pyridine rings is 1. The largest absolute Gasteiger partial charge is 0.316 e. The first-order chi connectivity index (χ1) is 5.42. The number of aryl methyl sites for hydroxylation is 1. The van der Waals surface area contributed by atoms with Gasteiger partial charge in [0.25, 0.3) is 0 Å². The summed E-state index contributed by atoms with van der Waals surface area (Å²) < 4.78 is 2.00. The number of aromatic nitrogens is 3. The van der Waals surface area contributed by atoms with E-state index in [1.54, 1.807) is 12.5 Å². The van der Waals surface area contributed by atoms with Crippen molar-refractivity contribution in [3.63, 3.8) is 0 Å². The van der Waals surface area contributed by atoms with E-state index in [1.165, 1.54) is 0 Å². The molecule has 55 valence electrons. The summed E-state index contributed by atoms with van der Waals surface area (Å²) in [7, 11) is 0. The van der Waals surface area contributed by atoms with Crippen LogP contribution in [0.15, 0.2) is 18.6 Å². The van der Waals surface area contributed by atoms with Crippen molar-refractivity contribution in [1.29, 1.82) is 0 Å². The van der Waals surface area contributed by atoms with Crippen molar-refractivity contribution >= 4 is 11.2 Å². The van der Waals surface area contributed by atoms with Gasteiger partial charge >= 0.3 is 0 Å². The number of hydrogen-bond acceptors (Lipinski definition) is 2. The second-order valence-corrected chi connectivity index (χ2v) is 2.31. The molecule has 11 heavy (non-hydrogen) atoms. The van der Waals surface area contributed by atoms with Crippen LogP contribution >= 0.6 is 0 Å². The fourth-order valence-electron chi connectivity index (χ4n) is 1.08. The van der Waals surface area contributed by atoms with Crippen molar-refractivity contribution in [1.82, 2.24) is 14.5 Å². The van der Waals surface area contributed by atoms with Gasteiger partial charge in [0.05, 0.1) is 6.33 Å². The maximum absolute atomic E-state index is 4.16. The lowest BCUT2D eigenvalue weighted by atomic mass is 10.4. The molecule has 1 radical (unpaired) electrons. The van der Waals surface area contributed by atoms with Crippen molar-refractivity contribution in [2.24, 2.45) is 0 Å². The van der Waals surface area contributed by atoms with Crippen LogP contribution in [0.4, 0.5) is 0 Å². The van der Waals surface area contributed by atoms with E-state index >= 15 is 0 Å². The average molecular weight is 146 g/mol. The first-order valence-electron chi connectivity index (χ1n) is 3.58. The van der Waals surface area contributed by atoms with Crippen LogP contribution in [0, 0.1) is 6.07 Å². The molecular weight excluding hydrogens is 138 g/mol. The Labute approximate surface area is 64.7 Å². The zero-order chi connectivity index (χ0) is 7.68. The minimum Gasteiger partial charge on any atom is -0.316 e. The van der Waals surface area contributed by atoms with Crippen LogP contribution in [0.1, 0.15) is 6.92 Å². The van der Waals surface area contributed by atoms with Gasteiger partial charge in [0.15, 0.2) is 5.65 Å². The minimum absolute atomic E-state index is 0.910. The molecule has 0 amide bonds. The standard InChI is InChI=1S/C8H8N3/c1-2-11-6-10-7-4-3-5-9-8(7)11/h4-6H,2H2,1H3. The van der Waals surface area contributed by atoms with Crippen LogP contribution in [0.2, 0.25) is 0 Å². The summed E-state index contributed by atoms with van der Waals surface area (Å²) in [5, 5.41) is 0. The molecule has 0 aliphatic carbocycles. The highest BCUT2D eigenvalue weighted by Crippen LogP contribution is 2.06. The van der Waals surface area contributed by atoms with E-state index in [1.807, 2.05) is 10.6 Å². The molecule has 0 aromatic carbocycles. The predicted molar refractivity (Wildman–Crippen MR) is 42.0 cm³/mol. The summed E-state index contributed by atoms with van der Waals surface area (Å²) in [6.45, 7) is 2.98. The van der Waals surface area contributed by atoms with Crippen LogP contribution in [-0.2, 0) is 6.54 Å². The Bertz CT molecular complexity index is 364. The second kappa shape index (κ2) is 2.34.